The van der Waals surface area contributed by atoms with Gasteiger partial charge < -0.3 is 26.6 Å². The van der Waals surface area contributed by atoms with Crippen LogP contribution in [0.2, 0.25) is 0 Å². The van der Waals surface area contributed by atoms with Crippen molar-refractivity contribution in [1.82, 2.24) is 15.7 Å². The molecule has 2 atom stereocenters. The van der Waals surface area contributed by atoms with Crippen LogP contribution in [0.5, 0.6) is 0 Å². The molecule has 38 heavy (non-hydrogen) atoms. The summed E-state index contributed by atoms with van der Waals surface area (Å²) in [5.41, 5.74) is 5.78. The summed E-state index contributed by atoms with van der Waals surface area (Å²) in [6.07, 6.45) is 12.0. The van der Waals surface area contributed by atoms with Gasteiger partial charge in [-0.2, -0.15) is 0 Å². The lowest BCUT2D eigenvalue weighted by atomic mass is 9.77. The van der Waals surface area contributed by atoms with E-state index >= 15 is 0 Å². The first-order chi connectivity index (χ1) is 18.1. The van der Waals surface area contributed by atoms with Crippen LogP contribution < -0.4 is 16.4 Å². The molecule has 3 aliphatic rings. The summed E-state index contributed by atoms with van der Waals surface area (Å²) in [6, 6.07) is -2.19. The molecule has 6 N–H and O–H groups in total. The number of carboxylic acid groups (broad SMARTS) is 2. The molecule has 2 aliphatic carbocycles. The topological polar surface area (TPSA) is 182 Å². The molecule has 0 unspecified atom stereocenters. The van der Waals surface area contributed by atoms with Crippen molar-refractivity contribution in [2.45, 2.75) is 100 Å². The maximum atomic E-state index is 13.8. The highest BCUT2D eigenvalue weighted by Crippen LogP contribution is 2.53. The second-order valence-corrected chi connectivity index (χ2v) is 13.0. The third kappa shape index (κ3) is 7.65. The molecule has 2 fully saturated rings. The molecule has 2 spiro atoms. The Morgan fingerprint density at radius 3 is 2.24 bits per heavy atom. The maximum Gasteiger partial charge on any atom is 0.322 e. The molecule has 3 rings (SSSR count). The zero-order valence-corrected chi connectivity index (χ0v) is 23.2. The Balaban J connectivity index is 1.60. The zero-order valence-electron chi connectivity index (χ0n) is 21.6. The van der Waals surface area contributed by atoms with Crippen LogP contribution in [-0.4, -0.2) is 80.2 Å². The molecule has 13 heteroatoms. The largest absolute Gasteiger partial charge is 0.480 e. The SMILES string of the molecule is N[C@@H](CCC(=O)N[C@@H](CSSCC1=CC2(CCCCC2)N([O])C12CCCCC2)C(=O)NCC(=O)O)C(=O)O. The lowest BCUT2D eigenvalue weighted by Crippen LogP contribution is -2.55. The van der Waals surface area contributed by atoms with Crippen molar-refractivity contribution in [3.8, 4) is 0 Å². The molecule has 0 bridgehead atoms. The number of carboxylic acids is 2. The highest BCUT2D eigenvalue weighted by molar-refractivity contribution is 8.76. The first-order valence-electron chi connectivity index (χ1n) is 13.3. The number of nitrogens with two attached hydrogens (primary N) is 1. The summed E-state index contributed by atoms with van der Waals surface area (Å²) in [4.78, 5) is 46.7. The third-order valence-electron chi connectivity index (χ3n) is 7.83. The number of hydrogen-bond acceptors (Lipinski definition) is 8. The monoisotopic (exact) mass is 571 g/mol. The number of nitrogens with one attached hydrogen (secondary N) is 2. The maximum absolute atomic E-state index is 13.8. The molecule has 1 heterocycles. The van der Waals surface area contributed by atoms with Crippen LogP contribution in [0, 0.1) is 0 Å². The van der Waals surface area contributed by atoms with E-state index in [4.69, 9.17) is 15.9 Å². The van der Waals surface area contributed by atoms with Gasteiger partial charge in [-0.05, 0) is 37.7 Å². The fourth-order valence-corrected chi connectivity index (χ4v) is 8.15. The van der Waals surface area contributed by atoms with E-state index in [0.29, 0.717) is 5.75 Å². The van der Waals surface area contributed by atoms with E-state index < -0.39 is 53.5 Å². The van der Waals surface area contributed by atoms with Crippen molar-refractivity contribution in [3.63, 3.8) is 0 Å². The van der Waals surface area contributed by atoms with Crippen molar-refractivity contribution in [2.75, 3.05) is 18.1 Å². The number of nitrogens with zero attached hydrogens (tertiary/aromatic N) is 1. The summed E-state index contributed by atoms with van der Waals surface area (Å²) in [6.45, 7) is -0.580. The van der Waals surface area contributed by atoms with E-state index in [9.17, 15) is 24.4 Å². The summed E-state index contributed by atoms with van der Waals surface area (Å²) < 4.78 is 0. The number of carbonyl (C=O) groups excluding carboxylic acids is 2. The van der Waals surface area contributed by atoms with E-state index in [1.165, 1.54) is 32.2 Å². The average molecular weight is 572 g/mol. The predicted octanol–water partition coefficient (Wildman–Crippen LogP) is 2.24. The molecule has 2 saturated carbocycles. The van der Waals surface area contributed by atoms with E-state index in [1.807, 2.05) is 0 Å². The van der Waals surface area contributed by atoms with Gasteiger partial charge in [-0.15, -0.1) is 10.3 Å². The minimum absolute atomic E-state index is 0.0871. The molecule has 1 radical (unpaired) electrons. The Kier molecular flexibility index (Phi) is 11.3. The molecular formula is C25H39N4O7S2. The molecular weight excluding hydrogens is 532 g/mol. The van der Waals surface area contributed by atoms with Gasteiger partial charge in [-0.25, -0.2) is 0 Å². The number of amides is 2. The van der Waals surface area contributed by atoms with E-state index in [1.54, 1.807) is 0 Å². The first-order valence-corrected chi connectivity index (χ1v) is 15.8. The minimum Gasteiger partial charge on any atom is -0.480 e. The van der Waals surface area contributed by atoms with Crippen molar-refractivity contribution < 1.29 is 34.6 Å². The van der Waals surface area contributed by atoms with Crippen LogP contribution >= 0.6 is 21.6 Å². The second kappa shape index (κ2) is 14.0. The smallest absolute Gasteiger partial charge is 0.322 e. The molecule has 0 aromatic heterocycles. The lowest BCUT2D eigenvalue weighted by Gasteiger charge is -2.46. The third-order valence-corrected chi connectivity index (χ3v) is 10.2. The Labute approximate surface area is 231 Å². The fraction of sp³-hybridized carbons (Fsp3) is 0.760. The summed E-state index contributed by atoms with van der Waals surface area (Å²) in [5, 5.41) is 37.8. The normalized spacial score (nSPS) is 22.0. The van der Waals surface area contributed by atoms with Crippen molar-refractivity contribution in [2.24, 2.45) is 5.73 Å². The van der Waals surface area contributed by atoms with Gasteiger partial charge in [-0.3, -0.25) is 19.2 Å². The lowest BCUT2D eigenvalue weighted by molar-refractivity contribution is -0.267. The Morgan fingerprint density at radius 2 is 1.63 bits per heavy atom. The van der Waals surface area contributed by atoms with Crippen LogP contribution in [-0.2, 0) is 24.4 Å². The van der Waals surface area contributed by atoms with E-state index in [2.05, 4.69) is 16.7 Å². The average Bonchev–Trinajstić information content (AvgIpc) is 3.10. The molecule has 0 saturated heterocycles. The minimum atomic E-state index is -1.22. The number of hydroxylamine groups is 2. The molecule has 213 valence electrons. The molecule has 0 aromatic rings. The molecule has 2 amide bonds. The summed E-state index contributed by atoms with van der Waals surface area (Å²) in [7, 11) is 2.90. The van der Waals surface area contributed by atoms with Gasteiger partial charge in [0.25, 0.3) is 0 Å². The zero-order chi connectivity index (χ0) is 27.8. The summed E-state index contributed by atoms with van der Waals surface area (Å²) >= 11 is 0. The van der Waals surface area contributed by atoms with Gasteiger partial charge in [0.1, 0.15) is 18.6 Å². The van der Waals surface area contributed by atoms with Crippen LogP contribution in [0.3, 0.4) is 0 Å². The molecule has 0 aromatic carbocycles. The molecule has 11 nitrogen and oxygen atoms in total. The number of rotatable bonds is 13. The van der Waals surface area contributed by atoms with Crippen LogP contribution in [0.4, 0.5) is 0 Å². The fourth-order valence-electron chi connectivity index (χ4n) is 5.79. The van der Waals surface area contributed by atoms with Gasteiger partial charge in [-0.1, -0.05) is 66.2 Å². The van der Waals surface area contributed by atoms with Crippen LogP contribution in [0.25, 0.3) is 0 Å². The van der Waals surface area contributed by atoms with E-state index in [-0.39, 0.29) is 18.6 Å². The van der Waals surface area contributed by atoms with Crippen LogP contribution in [0.1, 0.15) is 77.0 Å². The first kappa shape index (κ1) is 30.7. The van der Waals surface area contributed by atoms with Crippen molar-refractivity contribution in [1.29, 1.82) is 0 Å². The Bertz CT molecular complexity index is 904. The number of hydrogen-bond donors (Lipinski definition) is 5. The van der Waals surface area contributed by atoms with Crippen molar-refractivity contribution >= 4 is 45.3 Å². The predicted molar refractivity (Wildman–Crippen MR) is 145 cm³/mol. The van der Waals surface area contributed by atoms with Gasteiger partial charge >= 0.3 is 11.9 Å². The van der Waals surface area contributed by atoms with Gasteiger partial charge in [0, 0.05) is 17.9 Å². The summed E-state index contributed by atoms with van der Waals surface area (Å²) in [5.74, 6) is -2.78. The Morgan fingerprint density at radius 1 is 1.00 bits per heavy atom. The number of aliphatic carboxylic acids is 2. The quantitative estimate of drug-likeness (QED) is 0.125. The van der Waals surface area contributed by atoms with Crippen LogP contribution in [0.15, 0.2) is 11.6 Å². The highest BCUT2D eigenvalue weighted by Gasteiger charge is 2.56. The highest BCUT2D eigenvalue weighted by atomic mass is 33.1. The second-order valence-electron chi connectivity index (χ2n) is 10.5. The Hall–Kier alpha value is -1.80. The van der Waals surface area contributed by atoms with Gasteiger partial charge in [0.15, 0.2) is 0 Å². The van der Waals surface area contributed by atoms with E-state index in [0.717, 1.165) is 64.2 Å². The van der Waals surface area contributed by atoms with Gasteiger partial charge in [0.05, 0.1) is 11.1 Å². The number of carbonyl (C=O) groups is 4. The van der Waals surface area contributed by atoms with Gasteiger partial charge in [0.2, 0.25) is 11.8 Å². The standard InChI is InChI=1S/C25H39N4O7S2/c26-18(23(34)35)7-8-20(30)28-19(22(33)27-14-21(31)32)16-38-37-15-17-13-24(9-3-1-4-10-24)29(36)25(17)11-5-2-6-12-25/h13,18-19H,1-12,14-16,26H2,(H,27,33)(H,28,30)(H,31,32)(H,34,35)/t18-,19-/m0/s1. The molecule has 1 aliphatic heterocycles. The van der Waals surface area contributed by atoms with Crippen molar-refractivity contribution in [3.05, 3.63) is 11.6 Å².